The van der Waals surface area contributed by atoms with Gasteiger partial charge in [-0.15, -0.1) is 0 Å². The third-order valence-electron chi connectivity index (χ3n) is 2.74. The van der Waals surface area contributed by atoms with E-state index in [-0.39, 0.29) is 17.6 Å². The van der Waals surface area contributed by atoms with E-state index in [0.29, 0.717) is 19.3 Å². The Morgan fingerprint density at radius 3 is 2.69 bits per heavy atom. The van der Waals surface area contributed by atoms with Gasteiger partial charge >= 0.3 is 0 Å². The molecule has 1 saturated heterocycles. The number of rotatable bonds is 7. The van der Waals surface area contributed by atoms with Gasteiger partial charge in [-0.1, -0.05) is 0 Å². The monoisotopic (exact) mass is 248 g/mol. The largest absolute Gasteiger partial charge is 0.378 e. The molecule has 0 saturated carbocycles. The number of ether oxygens (including phenoxy) is 1. The Bertz CT molecular complexity index is 315. The fourth-order valence-corrected chi connectivity index (χ4v) is 2.52. The molecular formula is C11H20O4S. The van der Waals surface area contributed by atoms with E-state index >= 15 is 0 Å². The molecule has 1 unspecified atom stereocenters. The van der Waals surface area contributed by atoms with Gasteiger partial charge in [-0.3, -0.25) is 4.79 Å². The van der Waals surface area contributed by atoms with Crippen LogP contribution in [-0.2, 0) is 19.4 Å². The van der Waals surface area contributed by atoms with Crippen LogP contribution in [0.4, 0.5) is 0 Å². The van der Waals surface area contributed by atoms with Crippen molar-refractivity contribution in [3.63, 3.8) is 0 Å². The highest BCUT2D eigenvalue weighted by molar-refractivity contribution is 7.90. The highest BCUT2D eigenvalue weighted by Crippen LogP contribution is 2.17. The molecule has 0 N–H and O–H groups in total. The molecule has 0 aromatic rings. The zero-order valence-corrected chi connectivity index (χ0v) is 10.6. The molecule has 1 aliphatic heterocycles. The fraction of sp³-hybridized carbons (Fsp3) is 0.909. The smallest absolute Gasteiger partial charge is 0.147 e. The number of Topliss-reactive ketones (excluding diaryl/α,β-unsaturated/α-hetero) is 1. The number of ketones is 1. The van der Waals surface area contributed by atoms with Gasteiger partial charge in [0.1, 0.15) is 15.6 Å². The Kier molecular flexibility index (Phi) is 5.41. The second-order valence-electron chi connectivity index (χ2n) is 4.45. The molecule has 0 spiro atoms. The number of carbonyl (C=O) groups excluding carboxylic acids is 1. The molecule has 94 valence electrons. The lowest BCUT2D eigenvalue weighted by Gasteiger charge is -2.07. The van der Waals surface area contributed by atoms with Crippen LogP contribution in [0.25, 0.3) is 0 Å². The van der Waals surface area contributed by atoms with Crippen molar-refractivity contribution in [2.24, 2.45) is 0 Å². The first-order valence-electron chi connectivity index (χ1n) is 5.78. The zero-order chi connectivity index (χ0) is 12.0. The van der Waals surface area contributed by atoms with Crippen molar-refractivity contribution in [3.05, 3.63) is 0 Å². The maximum atomic E-state index is 11.4. The Morgan fingerprint density at radius 2 is 2.12 bits per heavy atom. The topological polar surface area (TPSA) is 60.4 Å². The summed E-state index contributed by atoms with van der Waals surface area (Å²) < 4.78 is 27.1. The summed E-state index contributed by atoms with van der Waals surface area (Å²) in [6.07, 6.45) is 5.72. The number of hydrogen-bond donors (Lipinski definition) is 0. The third-order valence-corrected chi connectivity index (χ3v) is 3.77. The van der Waals surface area contributed by atoms with Crippen LogP contribution in [0.2, 0.25) is 0 Å². The minimum absolute atomic E-state index is 0.110. The van der Waals surface area contributed by atoms with Gasteiger partial charge in [0.05, 0.1) is 11.9 Å². The SMILES string of the molecule is CS(=O)(=O)CCCC(=O)CCC1CCCO1. The van der Waals surface area contributed by atoms with E-state index in [0.717, 1.165) is 25.9 Å². The van der Waals surface area contributed by atoms with Crippen LogP contribution < -0.4 is 0 Å². The predicted molar refractivity (Wildman–Crippen MR) is 62.2 cm³/mol. The van der Waals surface area contributed by atoms with E-state index < -0.39 is 9.84 Å². The van der Waals surface area contributed by atoms with Crippen molar-refractivity contribution in [2.45, 2.75) is 44.6 Å². The molecule has 4 nitrogen and oxygen atoms in total. The van der Waals surface area contributed by atoms with Crippen LogP contribution in [0.15, 0.2) is 0 Å². The third kappa shape index (κ3) is 6.23. The van der Waals surface area contributed by atoms with Gasteiger partial charge in [0.15, 0.2) is 0 Å². The minimum Gasteiger partial charge on any atom is -0.378 e. The molecule has 5 heteroatoms. The lowest BCUT2D eigenvalue weighted by Crippen LogP contribution is -2.10. The van der Waals surface area contributed by atoms with Crippen LogP contribution >= 0.6 is 0 Å². The van der Waals surface area contributed by atoms with E-state index in [9.17, 15) is 13.2 Å². The molecule has 1 aliphatic rings. The first-order chi connectivity index (χ1) is 7.47. The second-order valence-corrected chi connectivity index (χ2v) is 6.71. The standard InChI is InChI=1S/C11H20O4S/c1-16(13,14)9-3-4-10(12)6-7-11-5-2-8-15-11/h11H,2-9H2,1H3. The summed E-state index contributed by atoms with van der Waals surface area (Å²) in [6.45, 7) is 0.812. The Morgan fingerprint density at radius 1 is 1.38 bits per heavy atom. The summed E-state index contributed by atoms with van der Waals surface area (Å²) in [7, 11) is -2.93. The van der Waals surface area contributed by atoms with Crippen LogP contribution in [0.5, 0.6) is 0 Å². The van der Waals surface area contributed by atoms with Crippen LogP contribution in [0.1, 0.15) is 38.5 Å². The molecule has 1 heterocycles. The van der Waals surface area contributed by atoms with Crippen molar-refractivity contribution in [1.82, 2.24) is 0 Å². The molecular weight excluding hydrogens is 228 g/mol. The summed E-state index contributed by atoms with van der Waals surface area (Å²) in [6, 6.07) is 0. The average Bonchev–Trinajstić information content (AvgIpc) is 2.65. The van der Waals surface area contributed by atoms with Gasteiger partial charge in [0.25, 0.3) is 0 Å². The normalized spacial score (nSPS) is 21.2. The van der Waals surface area contributed by atoms with Crippen molar-refractivity contribution >= 4 is 15.6 Å². The predicted octanol–water partition coefficient (Wildman–Crippen LogP) is 1.34. The first-order valence-corrected chi connectivity index (χ1v) is 7.84. The summed E-state index contributed by atoms with van der Waals surface area (Å²) in [5.74, 6) is 0.262. The van der Waals surface area contributed by atoms with Gasteiger partial charge in [-0.2, -0.15) is 0 Å². The van der Waals surface area contributed by atoms with E-state index in [1.165, 1.54) is 6.26 Å². The summed E-state index contributed by atoms with van der Waals surface area (Å²) in [5.41, 5.74) is 0. The average molecular weight is 248 g/mol. The summed E-state index contributed by atoms with van der Waals surface area (Å²) >= 11 is 0. The highest BCUT2D eigenvalue weighted by Gasteiger charge is 2.16. The first kappa shape index (κ1) is 13.6. The van der Waals surface area contributed by atoms with Crippen molar-refractivity contribution < 1.29 is 17.9 Å². The molecule has 0 aromatic carbocycles. The van der Waals surface area contributed by atoms with Crippen molar-refractivity contribution in [2.75, 3.05) is 18.6 Å². The van der Waals surface area contributed by atoms with Crippen LogP contribution in [-0.4, -0.2) is 38.9 Å². The maximum absolute atomic E-state index is 11.4. The van der Waals surface area contributed by atoms with Gasteiger partial charge in [0, 0.05) is 25.7 Å². The molecule has 1 atom stereocenters. The Labute approximate surface area is 97.3 Å². The molecule has 1 fully saturated rings. The van der Waals surface area contributed by atoms with Crippen molar-refractivity contribution in [1.29, 1.82) is 0 Å². The summed E-state index contributed by atoms with van der Waals surface area (Å²) in [4.78, 5) is 11.4. The van der Waals surface area contributed by atoms with Gasteiger partial charge < -0.3 is 4.74 Å². The lowest BCUT2D eigenvalue weighted by molar-refractivity contribution is -0.119. The zero-order valence-electron chi connectivity index (χ0n) is 9.78. The molecule has 1 rings (SSSR count). The number of carbonyl (C=O) groups is 1. The van der Waals surface area contributed by atoms with Crippen LogP contribution in [0.3, 0.4) is 0 Å². The number of hydrogen-bond acceptors (Lipinski definition) is 4. The van der Waals surface area contributed by atoms with Crippen molar-refractivity contribution in [3.8, 4) is 0 Å². The second kappa shape index (κ2) is 6.35. The molecule has 0 amide bonds. The van der Waals surface area contributed by atoms with Crippen LogP contribution in [0, 0.1) is 0 Å². The number of sulfone groups is 1. The van der Waals surface area contributed by atoms with E-state index in [1.54, 1.807) is 0 Å². The van der Waals surface area contributed by atoms with Gasteiger partial charge in [-0.25, -0.2) is 8.42 Å². The summed E-state index contributed by atoms with van der Waals surface area (Å²) in [5, 5.41) is 0. The molecule has 0 radical (unpaired) electrons. The molecule has 0 aromatic heterocycles. The van der Waals surface area contributed by atoms with E-state index in [2.05, 4.69) is 0 Å². The van der Waals surface area contributed by atoms with Gasteiger partial charge in [-0.05, 0) is 25.7 Å². The van der Waals surface area contributed by atoms with E-state index in [1.807, 2.05) is 0 Å². The van der Waals surface area contributed by atoms with E-state index in [4.69, 9.17) is 4.74 Å². The Hall–Kier alpha value is -0.420. The lowest BCUT2D eigenvalue weighted by atomic mass is 10.1. The van der Waals surface area contributed by atoms with Gasteiger partial charge in [0.2, 0.25) is 0 Å². The minimum atomic E-state index is -2.93. The molecule has 0 bridgehead atoms. The quantitative estimate of drug-likeness (QED) is 0.682. The fourth-order valence-electron chi connectivity index (χ4n) is 1.85. The Balaban J connectivity index is 2.06. The molecule has 16 heavy (non-hydrogen) atoms. The maximum Gasteiger partial charge on any atom is 0.147 e. The highest BCUT2D eigenvalue weighted by atomic mass is 32.2. The molecule has 0 aliphatic carbocycles.